The van der Waals surface area contributed by atoms with Gasteiger partial charge in [0.1, 0.15) is 12.2 Å². The monoisotopic (exact) mass is 267 g/mol. The molecular formula is C13H25N5O. The number of carbonyl (C=O) groups excluding carboxylic acids is 1. The van der Waals surface area contributed by atoms with Crippen LogP contribution in [0.2, 0.25) is 0 Å². The SMILES string of the molecule is CCCC(C)NC(=O)C(C)NCc1nncn1CC. The molecule has 1 aromatic rings. The maximum atomic E-state index is 11.9. The molecule has 6 nitrogen and oxygen atoms in total. The molecule has 0 aromatic carbocycles. The van der Waals surface area contributed by atoms with Gasteiger partial charge in [0.05, 0.1) is 12.6 Å². The Morgan fingerprint density at radius 1 is 1.42 bits per heavy atom. The maximum absolute atomic E-state index is 11.9. The Morgan fingerprint density at radius 3 is 2.79 bits per heavy atom. The Hall–Kier alpha value is -1.43. The van der Waals surface area contributed by atoms with Crippen molar-refractivity contribution in [3.05, 3.63) is 12.2 Å². The van der Waals surface area contributed by atoms with Crippen LogP contribution in [-0.4, -0.2) is 32.8 Å². The summed E-state index contributed by atoms with van der Waals surface area (Å²) in [6, 6.07) is -0.0117. The highest BCUT2D eigenvalue weighted by Gasteiger charge is 2.15. The number of aromatic nitrogens is 3. The Labute approximate surface area is 115 Å². The van der Waals surface area contributed by atoms with E-state index in [1.165, 1.54) is 0 Å². The molecule has 0 aliphatic rings. The molecular weight excluding hydrogens is 242 g/mol. The Bertz CT molecular complexity index is 390. The number of carbonyl (C=O) groups is 1. The van der Waals surface area contributed by atoms with E-state index < -0.39 is 0 Å². The highest BCUT2D eigenvalue weighted by Crippen LogP contribution is 1.98. The fraction of sp³-hybridized carbons (Fsp3) is 0.769. The fourth-order valence-electron chi connectivity index (χ4n) is 1.89. The van der Waals surface area contributed by atoms with Crippen molar-refractivity contribution in [1.82, 2.24) is 25.4 Å². The molecule has 0 radical (unpaired) electrons. The van der Waals surface area contributed by atoms with E-state index in [2.05, 4.69) is 27.8 Å². The molecule has 1 aromatic heterocycles. The van der Waals surface area contributed by atoms with Gasteiger partial charge in [0.2, 0.25) is 5.91 Å². The van der Waals surface area contributed by atoms with E-state index in [0.717, 1.165) is 25.2 Å². The minimum absolute atomic E-state index is 0.0310. The number of aryl methyl sites for hydroxylation is 1. The second-order valence-electron chi connectivity index (χ2n) is 4.83. The van der Waals surface area contributed by atoms with Crippen molar-refractivity contribution in [3.8, 4) is 0 Å². The molecule has 1 heterocycles. The van der Waals surface area contributed by atoms with E-state index in [-0.39, 0.29) is 18.0 Å². The van der Waals surface area contributed by atoms with E-state index in [1.807, 2.05) is 25.3 Å². The number of hydrogen-bond donors (Lipinski definition) is 2. The molecule has 2 atom stereocenters. The van der Waals surface area contributed by atoms with Gasteiger partial charge < -0.3 is 9.88 Å². The molecule has 0 saturated heterocycles. The molecule has 1 rings (SSSR count). The first-order valence-electron chi connectivity index (χ1n) is 6.98. The molecule has 0 aliphatic carbocycles. The topological polar surface area (TPSA) is 71.8 Å². The van der Waals surface area contributed by atoms with Crippen LogP contribution in [0.1, 0.15) is 46.4 Å². The van der Waals surface area contributed by atoms with Crippen LogP contribution in [0.4, 0.5) is 0 Å². The molecule has 1 amide bonds. The summed E-state index contributed by atoms with van der Waals surface area (Å²) in [6.45, 7) is 9.42. The summed E-state index contributed by atoms with van der Waals surface area (Å²) in [5.41, 5.74) is 0. The average Bonchev–Trinajstić information content (AvgIpc) is 2.83. The van der Waals surface area contributed by atoms with Crippen LogP contribution < -0.4 is 10.6 Å². The standard InChI is InChI=1S/C13H25N5O/c1-5-7-10(3)16-13(19)11(4)14-8-12-17-15-9-18(12)6-2/h9-11,14H,5-8H2,1-4H3,(H,16,19). The van der Waals surface area contributed by atoms with Gasteiger partial charge in [0.15, 0.2) is 0 Å². The second-order valence-corrected chi connectivity index (χ2v) is 4.83. The van der Waals surface area contributed by atoms with Gasteiger partial charge in [0, 0.05) is 12.6 Å². The minimum Gasteiger partial charge on any atom is -0.352 e. The Kier molecular flexibility index (Phi) is 6.49. The molecule has 2 N–H and O–H groups in total. The van der Waals surface area contributed by atoms with Crippen LogP contribution in [0, 0.1) is 0 Å². The highest BCUT2D eigenvalue weighted by atomic mass is 16.2. The van der Waals surface area contributed by atoms with Gasteiger partial charge in [-0.05, 0) is 27.2 Å². The molecule has 0 aliphatic heterocycles. The van der Waals surface area contributed by atoms with E-state index in [0.29, 0.717) is 6.54 Å². The van der Waals surface area contributed by atoms with Gasteiger partial charge in [0.25, 0.3) is 0 Å². The van der Waals surface area contributed by atoms with Crippen molar-refractivity contribution in [3.63, 3.8) is 0 Å². The Balaban J connectivity index is 2.38. The lowest BCUT2D eigenvalue weighted by molar-refractivity contribution is -0.123. The minimum atomic E-state index is -0.235. The van der Waals surface area contributed by atoms with E-state index in [9.17, 15) is 4.79 Å². The summed E-state index contributed by atoms with van der Waals surface area (Å²) in [4.78, 5) is 11.9. The summed E-state index contributed by atoms with van der Waals surface area (Å²) in [7, 11) is 0. The second kappa shape index (κ2) is 7.89. The largest absolute Gasteiger partial charge is 0.352 e. The molecule has 0 spiro atoms. The van der Waals surface area contributed by atoms with Gasteiger partial charge >= 0.3 is 0 Å². The van der Waals surface area contributed by atoms with Crippen molar-refractivity contribution in [2.45, 2.75) is 65.7 Å². The fourth-order valence-corrected chi connectivity index (χ4v) is 1.89. The molecule has 0 bridgehead atoms. The summed E-state index contributed by atoms with van der Waals surface area (Å²) in [6.07, 6.45) is 3.77. The summed E-state index contributed by atoms with van der Waals surface area (Å²) in [5, 5.41) is 14.1. The number of nitrogens with one attached hydrogen (secondary N) is 2. The molecule has 108 valence electrons. The maximum Gasteiger partial charge on any atom is 0.237 e. The smallest absolute Gasteiger partial charge is 0.237 e. The zero-order valence-corrected chi connectivity index (χ0v) is 12.3. The van der Waals surface area contributed by atoms with Crippen molar-refractivity contribution >= 4 is 5.91 Å². The van der Waals surface area contributed by atoms with Gasteiger partial charge in [-0.15, -0.1) is 10.2 Å². The first kappa shape index (κ1) is 15.6. The van der Waals surface area contributed by atoms with Crippen molar-refractivity contribution < 1.29 is 4.79 Å². The van der Waals surface area contributed by atoms with E-state index in [4.69, 9.17) is 0 Å². The van der Waals surface area contributed by atoms with Gasteiger partial charge in [-0.2, -0.15) is 0 Å². The van der Waals surface area contributed by atoms with Crippen LogP contribution >= 0.6 is 0 Å². The predicted octanol–water partition coefficient (Wildman–Crippen LogP) is 1.08. The van der Waals surface area contributed by atoms with Gasteiger partial charge in [-0.1, -0.05) is 13.3 Å². The lowest BCUT2D eigenvalue weighted by atomic mass is 10.2. The third kappa shape index (κ3) is 4.98. The molecule has 6 heteroatoms. The quantitative estimate of drug-likeness (QED) is 0.739. The zero-order valence-electron chi connectivity index (χ0n) is 12.3. The molecule has 19 heavy (non-hydrogen) atoms. The Morgan fingerprint density at radius 2 is 2.16 bits per heavy atom. The van der Waals surface area contributed by atoms with Crippen LogP contribution in [0.15, 0.2) is 6.33 Å². The van der Waals surface area contributed by atoms with Gasteiger partial charge in [-0.25, -0.2) is 0 Å². The molecule has 0 fully saturated rings. The van der Waals surface area contributed by atoms with Crippen LogP contribution in [0.5, 0.6) is 0 Å². The first-order valence-corrected chi connectivity index (χ1v) is 6.98. The zero-order chi connectivity index (χ0) is 14.3. The van der Waals surface area contributed by atoms with E-state index in [1.54, 1.807) is 6.33 Å². The summed E-state index contributed by atoms with van der Waals surface area (Å²) >= 11 is 0. The number of hydrogen-bond acceptors (Lipinski definition) is 4. The van der Waals surface area contributed by atoms with Crippen molar-refractivity contribution in [2.75, 3.05) is 0 Å². The summed E-state index contributed by atoms with van der Waals surface area (Å²) < 4.78 is 1.96. The first-order chi connectivity index (χ1) is 9.08. The number of rotatable bonds is 8. The molecule has 0 saturated carbocycles. The number of nitrogens with zero attached hydrogens (tertiary/aromatic N) is 3. The normalized spacial score (nSPS) is 14.1. The lowest BCUT2D eigenvalue weighted by Gasteiger charge is -2.18. The number of amides is 1. The molecule has 2 unspecified atom stereocenters. The van der Waals surface area contributed by atoms with Crippen molar-refractivity contribution in [2.24, 2.45) is 0 Å². The van der Waals surface area contributed by atoms with Crippen LogP contribution in [0.3, 0.4) is 0 Å². The average molecular weight is 267 g/mol. The van der Waals surface area contributed by atoms with Crippen molar-refractivity contribution in [1.29, 1.82) is 0 Å². The van der Waals surface area contributed by atoms with E-state index >= 15 is 0 Å². The van der Waals surface area contributed by atoms with Gasteiger partial charge in [-0.3, -0.25) is 10.1 Å². The van der Waals surface area contributed by atoms with Crippen LogP contribution in [-0.2, 0) is 17.9 Å². The third-order valence-electron chi connectivity index (χ3n) is 3.11. The predicted molar refractivity (Wildman–Crippen MR) is 74.5 cm³/mol. The van der Waals surface area contributed by atoms with Crippen LogP contribution in [0.25, 0.3) is 0 Å². The summed E-state index contributed by atoms with van der Waals surface area (Å²) in [5.74, 6) is 0.882. The highest BCUT2D eigenvalue weighted by molar-refractivity contribution is 5.81. The third-order valence-corrected chi connectivity index (χ3v) is 3.11. The lowest BCUT2D eigenvalue weighted by Crippen LogP contribution is -2.45.